The first-order valence-electron chi connectivity index (χ1n) is 13.2. The SMILES string of the molecule is CCCCCCCCCCCCCC[C@@H](CN)Nc1nc(-c2c[nH]c3ncc(Cl)cc23)ncc1F. The highest BCUT2D eigenvalue weighted by Crippen LogP contribution is 2.28. The van der Waals surface area contributed by atoms with Crippen molar-refractivity contribution < 1.29 is 4.39 Å². The van der Waals surface area contributed by atoms with Crippen molar-refractivity contribution in [2.24, 2.45) is 5.73 Å². The topological polar surface area (TPSA) is 92.5 Å². The first kappa shape index (κ1) is 27.3. The van der Waals surface area contributed by atoms with E-state index in [4.69, 9.17) is 17.3 Å². The Bertz CT molecular complexity index is 1020. The lowest BCUT2D eigenvalue weighted by molar-refractivity contribution is 0.526. The normalized spacial score (nSPS) is 12.3. The zero-order chi connectivity index (χ0) is 24.9. The predicted octanol–water partition coefficient (Wildman–Crippen LogP) is 7.64. The Morgan fingerprint density at radius 2 is 1.63 bits per heavy atom. The summed E-state index contributed by atoms with van der Waals surface area (Å²) in [6, 6.07) is 1.76. The molecule has 4 N–H and O–H groups in total. The molecular weight excluding hydrogens is 463 g/mol. The molecule has 3 aromatic heterocycles. The van der Waals surface area contributed by atoms with E-state index in [1.807, 2.05) is 0 Å². The van der Waals surface area contributed by atoms with Crippen LogP contribution >= 0.6 is 11.6 Å². The van der Waals surface area contributed by atoms with Gasteiger partial charge in [0.1, 0.15) is 5.65 Å². The van der Waals surface area contributed by atoms with Gasteiger partial charge in [-0.2, -0.15) is 0 Å². The van der Waals surface area contributed by atoms with E-state index >= 15 is 0 Å². The third-order valence-electron chi connectivity index (χ3n) is 6.51. The average Bonchev–Trinajstić information content (AvgIpc) is 3.28. The maximum Gasteiger partial charge on any atom is 0.183 e. The van der Waals surface area contributed by atoms with Crippen LogP contribution in [0, 0.1) is 5.82 Å². The maximum absolute atomic E-state index is 14.5. The minimum absolute atomic E-state index is 0.0329. The molecule has 8 heteroatoms. The summed E-state index contributed by atoms with van der Waals surface area (Å²) in [5.41, 5.74) is 7.38. The molecule has 0 aliphatic carbocycles. The van der Waals surface area contributed by atoms with Crippen molar-refractivity contribution in [3.63, 3.8) is 0 Å². The van der Waals surface area contributed by atoms with E-state index in [-0.39, 0.29) is 11.9 Å². The number of nitrogens with zero attached hydrogens (tertiary/aromatic N) is 3. The fourth-order valence-electron chi connectivity index (χ4n) is 4.44. The molecule has 35 heavy (non-hydrogen) atoms. The van der Waals surface area contributed by atoms with Gasteiger partial charge in [0.2, 0.25) is 0 Å². The first-order valence-corrected chi connectivity index (χ1v) is 13.6. The Hall–Kier alpha value is -2.25. The number of rotatable bonds is 17. The quantitative estimate of drug-likeness (QED) is 0.165. The lowest BCUT2D eigenvalue weighted by Gasteiger charge is -2.18. The van der Waals surface area contributed by atoms with E-state index in [2.05, 4.69) is 32.2 Å². The molecule has 1 atom stereocenters. The third kappa shape index (κ3) is 8.73. The fraction of sp³-hybridized carbons (Fsp3) is 0.593. The summed E-state index contributed by atoms with van der Waals surface area (Å²) in [5.74, 6) is 0.0944. The van der Waals surface area contributed by atoms with Gasteiger partial charge in [-0.1, -0.05) is 95.6 Å². The summed E-state index contributed by atoms with van der Waals surface area (Å²) in [5, 5.41) is 4.51. The molecule has 0 fully saturated rings. The van der Waals surface area contributed by atoms with Crippen LogP contribution in [0.5, 0.6) is 0 Å². The number of aromatic amines is 1. The van der Waals surface area contributed by atoms with Gasteiger partial charge in [-0.3, -0.25) is 0 Å². The second-order valence-electron chi connectivity index (χ2n) is 9.40. The average molecular weight is 503 g/mol. The van der Waals surface area contributed by atoms with Crippen LogP contribution in [0.3, 0.4) is 0 Å². The van der Waals surface area contributed by atoms with Crippen LogP contribution in [-0.4, -0.2) is 32.5 Å². The van der Waals surface area contributed by atoms with Crippen molar-refractivity contribution in [1.29, 1.82) is 0 Å². The number of nitrogens with two attached hydrogens (primary N) is 1. The Labute approximate surface area is 213 Å². The summed E-state index contributed by atoms with van der Waals surface area (Å²) in [6.07, 6.45) is 21.1. The van der Waals surface area contributed by atoms with E-state index in [9.17, 15) is 4.39 Å². The Kier molecular flexibility index (Phi) is 11.7. The summed E-state index contributed by atoms with van der Waals surface area (Å²) in [7, 11) is 0. The number of aromatic nitrogens is 4. The van der Waals surface area contributed by atoms with Gasteiger partial charge in [-0.05, 0) is 12.5 Å². The molecule has 192 valence electrons. The van der Waals surface area contributed by atoms with Crippen LogP contribution in [0.4, 0.5) is 10.2 Å². The lowest BCUT2D eigenvalue weighted by atomic mass is 10.0. The van der Waals surface area contributed by atoms with Gasteiger partial charge < -0.3 is 16.0 Å². The lowest BCUT2D eigenvalue weighted by Crippen LogP contribution is -2.29. The largest absolute Gasteiger partial charge is 0.364 e. The van der Waals surface area contributed by atoms with Crippen LogP contribution in [-0.2, 0) is 0 Å². The molecule has 0 aliphatic heterocycles. The molecule has 0 unspecified atom stereocenters. The second-order valence-corrected chi connectivity index (χ2v) is 9.83. The Morgan fingerprint density at radius 1 is 0.971 bits per heavy atom. The van der Waals surface area contributed by atoms with Crippen molar-refractivity contribution in [3.05, 3.63) is 35.5 Å². The standard InChI is InChI=1S/C27H40ClFN6/c1-2-3-4-5-6-7-8-9-10-11-12-13-14-21(16-30)34-27-24(29)19-33-26(35-27)23-18-32-25-22(23)15-20(28)17-31-25/h15,17-19,21H,2-14,16,30H2,1H3,(H,31,32)(H,33,34,35)/t21-/m0/s1. The highest BCUT2D eigenvalue weighted by Gasteiger charge is 2.16. The van der Waals surface area contributed by atoms with Crippen LogP contribution < -0.4 is 11.1 Å². The zero-order valence-corrected chi connectivity index (χ0v) is 21.7. The summed E-state index contributed by atoms with van der Waals surface area (Å²) >= 11 is 6.10. The molecule has 0 aliphatic rings. The minimum atomic E-state index is -0.488. The smallest absolute Gasteiger partial charge is 0.183 e. The van der Waals surface area contributed by atoms with Gasteiger partial charge in [-0.15, -0.1) is 0 Å². The highest BCUT2D eigenvalue weighted by molar-refractivity contribution is 6.31. The Balaban J connectivity index is 1.42. The van der Waals surface area contributed by atoms with Crippen molar-refractivity contribution >= 4 is 28.5 Å². The van der Waals surface area contributed by atoms with Crippen LogP contribution in [0.1, 0.15) is 90.4 Å². The van der Waals surface area contributed by atoms with Gasteiger partial charge in [-0.25, -0.2) is 19.3 Å². The molecule has 6 nitrogen and oxygen atoms in total. The number of fused-ring (bicyclic) bond motifs is 1. The number of unbranched alkanes of at least 4 members (excludes halogenated alkanes) is 11. The zero-order valence-electron chi connectivity index (χ0n) is 21.0. The molecule has 3 aromatic rings. The molecule has 0 bridgehead atoms. The van der Waals surface area contributed by atoms with Gasteiger partial charge in [0.15, 0.2) is 17.5 Å². The summed E-state index contributed by atoms with van der Waals surface area (Å²) in [6.45, 7) is 2.68. The van der Waals surface area contributed by atoms with E-state index in [0.29, 0.717) is 23.0 Å². The molecule has 0 spiro atoms. The summed E-state index contributed by atoms with van der Waals surface area (Å²) in [4.78, 5) is 16.0. The van der Waals surface area contributed by atoms with Crippen molar-refractivity contribution in [2.75, 3.05) is 11.9 Å². The van der Waals surface area contributed by atoms with E-state index in [0.717, 1.165) is 23.8 Å². The number of hydrogen-bond acceptors (Lipinski definition) is 5. The number of H-pyrrole nitrogens is 1. The van der Waals surface area contributed by atoms with Gasteiger partial charge in [0.25, 0.3) is 0 Å². The second kappa shape index (κ2) is 15.0. The molecule has 0 amide bonds. The highest BCUT2D eigenvalue weighted by atomic mass is 35.5. The molecule has 0 radical (unpaired) electrons. The summed E-state index contributed by atoms with van der Waals surface area (Å²) < 4.78 is 14.5. The molecular formula is C27H40ClFN6. The van der Waals surface area contributed by atoms with Crippen LogP contribution in [0.2, 0.25) is 5.02 Å². The maximum atomic E-state index is 14.5. The minimum Gasteiger partial charge on any atom is -0.364 e. The van der Waals surface area contributed by atoms with Gasteiger partial charge in [0, 0.05) is 35.9 Å². The number of halogens is 2. The molecule has 3 rings (SSSR count). The molecule has 3 heterocycles. The number of pyridine rings is 1. The number of nitrogens with one attached hydrogen (secondary N) is 2. The van der Waals surface area contributed by atoms with E-state index in [1.54, 1.807) is 18.5 Å². The van der Waals surface area contributed by atoms with Crippen molar-refractivity contribution in [2.45, 2.75) is 96.4 Å². The predicted molar refractivity (Wildman–Crippen MR) is 144 cm³/mol. The van der Waals surface area contributed by atoms with Crippen molar-refractivity contribution in [3.8, 4) is 11.4 Å². The fourth-order valence-corrected chi connectivity index (χ4v) is 4.59. The van der Waals surface area contributed by atoms with E-state index in [1.165, 1.54) is 76.8 Å². The molecule has 0 saturated carbocycles. The first-order chi connectivity index (χ1) is 17.1. The van der Waals surface area contributed by atoms with Crippen LogP contribution in [0.25, 0.3) is 22.4 Å². The number of anilines is 1. The molecule has 0 saturated heterocycles. The number of hydrogen-bond donors (Lipinski definition) is 3. The Morgan fingerprint density at radius 3 is 2.29 bits per heavy atom. The van der Waals surface area contributed by atoms with Crippen molar-refractivity contribution in [1.82, 2.24) is 19.9 Å². The molecule has 0 aromatic carbocycles. The van der Waals surface area contributed by atoms with Crippen LogP contribution in [0.15, 0.2) is 24.7 Å². The third-order valence-corrected chi connectivity index (χ3v) is 6.72. The van der Waals surface area contributed by atoms with Gasteiger partial charge >= 0.3 is 0 Å². The van der Waals surface area contributed by atoms with Gasteiger partial charge in [0.05, 0.1) is 11.2 Å². The van der Waals surface area contributed by atoms with E-state index < -0.39 is 5.82 Å². The monoisotopic (exact) mass is 502 g/mol.